The fourth-order valence-corrected chi connectivity index (χ4v) is 6.34. The van der Waals surface area contributed by atoms with Crippen molar-refractivity contribution in [1.82, 2.24) is 14.2 Å². The Bertz CT molecular complexity index is 1150. The standard InChI is InChI=1S/C24H33N3O5S/c1-6-32-24(29)21-17(3)26(5)18(4)22(21)33(30,31)27-12-8-11-20(15-27)23(28)25-14-19-10-7-9-16(2)13-19/h7,9-10,13,20H,6,8,11-12,14-15H2,1-5H3,(H,25,28). The van der Waals surface area contributed by atoms with Crippen LogP contribution in [0.4, 0.5) is 0 Å². The molecule has 1 aromatic carbocycles. The van der Waals surface area contributed by atoms with Gasteiger partial charge in [0.15, 0.2) is 0 Å². The zero-order chi connectivity index (χ0) is 24.3. The zero-order valence-corrected chi connectivity index (χ0v) is 20.8. The lowest BCUT2D eigenvalue weighted by atomic mass is 9.98. The molecule has 1 saturated heterocycles. The third kappa shape index (κ3) is 5.14. The lowest BCUT2D eigenvalue weighted by Crippen LogP contribution is -2.45. The van der Waals surface area contributed by atoms with Crippen LogP contribution in [0.1, 0.15) is 52.6 Å². The van der Waals surface area contributed by atoms with Crippen LogP contribution in [-0.2, 0) is 33.1 Å². The topological polar surface area (TPSA) is 97.7 Å². The predicted molar refractivity (Wildman–Crippen MR) is 125 cm³/mol. The number of esters is 1. The Morgan fingerprint density at radius 3 is 2.58 bits per heavy atom. The Morgan fingerprint density at radius 1 is 1.18 bits per heavy atom. The molecule has 0 aliphatic carbocycles. The summed E-state index contributed by atoms with van der Waals surface area (Å²) in [6.45, 7) is 7.99. The number of aromatic nitrogens is 1. The van der Waals surface area contributed by atoms with Crippen LogP contribution in [0.2, 0.25) is 0 Å². The van der Waals surface area contributed by atoms with E-state index in [0.29, 0.717) is 37.3 Å². The highest BCUT2D eigenvalue weighted by Crippen LogP contribution is 2.32. The quantitative estimate of drug-likeness (QED) is 0.621. The number of piperidine rings is 1. The van der Waals surface area contributed by atoms with E-state index in [9.17, 15) is 18.0 Å². The molecule has 2 aromatic rings. The second kappa shape index (κ2) is 10.1. The van der Waals surface area contributed by atoms with Crippen LogP contribution in [-0.4, -0.2) is 48.9 Å². The first-order valence-corrected chi connectivity index (χ1v) is 12.7. The molecular formula is C24H33N3O5S. The molecule has 180 valence electrons. The number of carbonyl (C=O) groups is 2. The molecule has 0 radical (unpaired) electrons. The van der Waals surface area contributed by atoms with Crippen molar-refractivity contribution >= 4 is 21.9 Å². The maximum absolute atomic E-state index is 13.7. The zero-order valence-electron chi connectivity index (χ0n) is 20.0. The number of benzene rings is 1. The minimum absolute atomic E-state index is 0.0261. The molecule has 1 unspecified atom stereocenters. The molecule has 1 atom stereocenters. The van der Waals surface area contributed by atoms with E-state index in [4.69, 9.17) is 4.74 Å². The number of nitrogens with one attached hydrogen (secondary N) is 1. The molecule has 1 fully saturated rings. The Hall–Kier alpha value is -2.65. The van der Waals surface area contributed by atoms with E-state index in [1.807, 2.05) is 31.2 Å². The van der Waals surface area contributed by atoms with Crippen molar-refractivity contribution in [3.05, 3.63) is 52.3 Å². The summed E-state index contributed by atoms with van der Waals surface area (Å²) in [5.41, 5.74) is 3.19. The summed E-state index contributed by atoms with van der Waals surface area (Å²) in [6, 6.07) is 7.89. The van der Waals surface area contributed by atoms with E-state index < -0.39 is 21.9 Å². The number of nitrogens with zero attached hydrogens (tertiary/aromatic N) is 2. The maximum Gasteiger partial charge on any atom is 0.341 e. The normalized spacial score (nSPS) is 17.1. The second-order valence-electron chi connectivity index (χ2n) is 8.56. The van der Waals surface area contributed by atoms with Crippen molar-refractivity contribution in [3.8, 4) is 0 Å². The Morgan fingerprint density at radius 2 is 1.91 bits per heavy atom. The Labute approximate surface area is 196 Å². The van der Waals surface area contributed by atoms with E-state index >= 15 is 0 Å². The maximum atomic E-state index is 13.7. The van der Waals surface area contributed by atoms with E-state index in [1.165, 1.54) is 4.31 Å². The number of aryl methyl sites for hydroxylation is 1. The minimum Gasteiger partial charge on any atom is -0.462 e. The average Bonchev–Trinajstić information content (AvgIpc) is 3.02. The van der Waals surface area contributed by atoms with Crippen LogP contribution < -0.4 is 5.32 Å². The van der Waals surface area contributed by atoms with E-state index in [1.54, 1.807) is 32.4 Å². The molecule has 0 spiro atoms. The summed E-state index contributed by atoms with van der Waals surface area (Å²) in [5.74, 6) is -1.26. The fraction of sp³-hybridized carbons (Fsp3) is 0.500. The van der Waals surface area contributed by atoms with Gasteiger partial charge < -0.3 is 14.6 Å². The molecule has 0 saturated carbocycles. The number of sulfonamides is 1. The monoisotopic (exact) mass is 475 g/mol. The van der Waals surface area contributed by atoms with Crippen molar-refractivity contribution in [2.75, 3.05) is 19.7 Å². The van der Waals surface area contributed by atoms with Gasteiger partial charge in [0, 0.05) is 38.1 Å². The highest BCUT2D eigenvalue weighted by Gasteiger charge is 2.38. The third-order valence-electron chi connectivity index (χ3n) is 6.31. The van der Waals surface area contributed by atoms with Gasteiger partial charge in [0.25, 0.3) is 0 Å². The van der Waals surface area contributed by atoms with Gasteiger partial charge in [-0.3, -0.25) is 4.79 Å². The van der Waals surface area contributed by atoms with Crippen LogP contribution in [0.25, 0.3) is 0 Å². The number of hydrogen-bond acceptors (Lipinski definition) is 5. The highest BCUT2D eigenvalue weighted by atomic mass is 32.2. The number of rotatable bonds is 7. The predicted octanol–water partition coefficient (Wildman–Crippen LogP) is 2.84. The molecule has 8 nitrogen and oxygen atoms in total. The first-order chi connectivity index (χ1) is 15.6. The van der Waals surface area contributed by atoms with Gasteiger partial charge in [0.2, 0.25) is 15.9 Å². The lowest BCUT2D eigenvalue weighted by Gasteiger charge is -2.31. The van der Waals surface area contributed by atoms with E-state index in [0.717, 1.165) is 11.1 Å². The van der Waals surface area contributed by atoms with Gasteiger partial charge in [-0.25, -0.2) is 13.2 Å². The Balaban J connectivity index is 1.81. The third-order valence-corrected chi connectivity index (χ3v) is 8.33. The molecule has 2 heterocycles. The summed E-state index contributed by atoms with van der Waals surface area (Å²) in [5, 5.41) is 2.94. The molecule has 3 rings (SSSR count). The van der Waals surface area contributed by atoms with Gasteiger partial charge in [-0.1, -0.05) is 29.8 Å². The molecule has 33 heavy (non-hydrogen) atoms. The molecular weight excluding hydrogens is 442 g/mol. The highest BCUT2D eigenvalue weighted by molar-refractivity contribution is 7.89. The van der Waals surface area contributed by atoms with Crippen molar-refractivity contribution < 1.29 is 22.7 Å². The molecule has 1 aliphatic rings. The van der Waals surface area contributed by atoms with E-state index in [-0.39, 0.29) is 29.5 Å². The van der Waals surface area contributed by atoms with E-state index in [2.05, 4.69) is 5.32 Å². The van der Waals surface area contributed by atoms with Crippen molar-refractivity contribution in [2.24, 2.45) is 13.0 Å². The van der Waals surface area contributed by atoms with Crippen molar-refractivity contribution in [2.45, 2.75) is 52.0 Å². The fourth-order valence-electron chi connectivity index (χ4n) is 4.34. The SMILES string of the molecule is CCOC(=O)c1c(S(=O)(=O)N2CCCC(C(=O)NCc3cccc(C)c3)C2)c(C)n(C)c1C. The average molecular weight is 476 g/mol. The largest absolute Gasteiger partial charge is 0.462 e. The lowest BCUT2D eigenvalue weighted by molar-refractivity contribution is -0.126. The molecule has 1 aromatic heterocycles. The van der Waals surface area contributed by atoms with Crippen LogP contribution >= 0.6 is 0 Å². The van der Waals surface area contributed by atoms with Gasteiger partial charge in [0.05, 0.1) is 12.5 Å². The minimum atomic E-state index is -4.00. The first-order valence-electron chi connectivity index (χ1n) is 11.2. The molecule has 1 amide bonds. The van der Waals surface area contributed by atoms with Gasteiger partial charge in [-0.05, 0) is 46.1 Å². The smallest absolute Gasteiger partial charge is 0.341 e. The number of carbonyl (C=O) groups excluding carboxylic acids is 2. The number of amides is 1. The van der Waals surface area contributed by atoms with Gasteiger partial charge >= 0.3 is 5.97 Å². The summed E-state index contributed by atoms with van der Waals surface area (Å²) in [7, 11) is -2.27. The van der Waals surface area contributed by atoms with Crippen molar-refractivity contribution in [3.63, 3.8) is 0 Å². The number of hydrogen-bond donors (Lipinski definition) is 1. The summed E-state index contributed by atoms with van der Waals surface area (Å²) >= 11 is 0. The van der Waals surface area contributed by atoms with Crippen LogP contribution in [0.15, 0.2) is 29.2 Å². The summed E-state index contributed by atoms with van der Waals surface area (Å²) in [6.07, 6.45) is 1.19. The first kappa shape index (κ1) is 25.0. The van der Waals surface area contributed by atoms with Gasteiger partial charge in [0.1, 0.15) is 10.5 Å². The molecule has 1 aliphatic heterocycles. The molecule has 0 bridgehead atoms. The molecule has 9 heteroatoms. The second-order valence-corrected chi connectivity index (χ2v) is 10.4. The Kier molecular flexibility index (Phi) is 7.64. The van der Waals surface area contributed by atoms with Crippen LogP contribution in [0, 0.1) is 26.7 Å². The number of ether oxygens (including phenoxy) is 1. The molecule has 1 N–H and O–H groups in total. The summed E-state index contributed by atoms with van der Waals surface area (Å²) in [4.78, 5) is 25.4. The van der Waals surface area contributed by atoms with Gasteiger partial charge in [-0.2, -0.15) is 4.31 Å². The van der Waals surface area contributed by atoms with Crippen LogP contribution in [0.3, 0.4) is 0 Å². The van der Waals surface area contributed by atoms with Crippen LogP contribution in [0.5, 0.6) is 0 Å². The van der Waals surface area contributed by atoms with Crippen molar-refractivity contribution in [1.29, 1.82) is 0 Å². The van der Waals surface area contributed by atoms with Gasteiger partial charge in [-0.15, -0.1) is 0 Å². The summed E-state index contributed by atoms with van der Waals surface area (Å²) < 4.78 is 35.5.